The number of unbranched alkanes of at least 4 members (excludes halogenated alkanes) is 1. The van der Waals surface area contributed by atoms with Crippen LogP contribution in [-0.2, 0) is 16.1 Å². The maximum Gasteiger partial charge on any atom is 0.338 e. The Morgan fingerprint density at radius 1 is 1.11 bits per heavy atom. The summed E-state index contributed by atoms with van der Waals surface area (Å²) in [5, 5.41) is 0. The lowest BCUT2D eigenvalue weighted by atomic mass is 9.82. The zero-order valence-corrected chi connectivity index (χ0v) is 22.4. The van der Waals surface area contributed by atoms with E-state index in [0.29, 0.717) is 30.7 Å². The van der Waals surface area contributed by atoms with E-state index in [4.69, 9.17) is 4.74 Å². The number of hydrogen-bond donors (Lipinski definition) is 0. The van der Waals surface area contributed by atoms with Gasteiger partial charge in [0.2, 0.25) is 5.91 Å². The van der Waals surface area contributed by atoms with Crippen LogP contribution >= 0.6 is 0 Å². The van der Waals surface area contributed by atoms with Gasteiger partial charge in [-0.15, -0.1) is 0 Å². The number of rotatable bonds is 7. The lowest BCUT2D eigenvalue weighted by Crippen LogP contribution is -2.59. The van der Waals surface area contributed by atoms with Crippen molar-refractivity contribution in [1.82, 2.24) is 14.7 Å². The van der Waals surface area contributed by atoms with E-state index in [1.54, 1.807) is 6.07 Å². The van der Waals surface area contributed by atoms with Crippen molar-refractivity contribution < 1.29 is 14.3 Å². The van der Waals surface area contributed by atoms with E-state index in [1.807, 2.05) is 43.9 Å². The molecule has 1 spiro atoms. The van der Waals surface area contributed by atoms with Crippen LogP contribution in [0.25, 0.3) is 0 Å². The SMILES string of the molecule is CCCCN1CCC2(CC1)C(=O)N(Cc1cccc(C(=O)OC(C)(C)C)c1)CN2C1CCCCC1. The number of amides is 1. The van der Waals surface area contributed by atoms with Gasteiger partial charge in [0.05, 0.1) is 12.2 Å². The highest BCUT2D eigenvalue weighted by molar-refractivity contribution is 5.90. The van der Waals surface area contributed by atoms with Crippen molar-refractivity contribution in [2.75, 3.05) is 26.3 Å². The molecule has 2 saturated heterocycles. The quantitative estimate of drug-likeness (QED) is 0.498. The molecule has 1 aromatic rings. The molecule has 3 aliphatic rings. The van der Waals surface area contributed by atoms with E-state index in [-0.39, 0.29) is 11.5 Å². The zero-order valence-electron chi connectivity index (χ0n) is 22.4. The molecule has 2 aliphatic heterocycles. The number of benzene rings is 1. The number of esters is 1. The van der Waals surface area contributed by atoms with Crippen LogP contribution in [0, 0.1) is 0 Å². The molecule has 1 aromatic carbocycles. The summed E-state index contributed by atoms with van der Waals surface area (Å²) in [6.45, 7) is 12.3. The number of carbonyl (C=O) groups excluding carboxylic acids is 2. The maximum atomic E-state index is 14.0. The molecule has 1 aliphatic carbocycles. The Balaban J connectivity index is 1.51. The van der Waals surface area contributed by atoms with E-state index in [0.717, 1.165) is 38.0 Å². The number of carbonyl (C=O) groups is 2. The average molecular weight is 484 g/mol. The Morgan fingerprint density at radius 2 is 1.83 bits per heavy atom. The van der Waals surface area contributed by atoms with Crippen LogP contribution in [0.1, 0.15) is 101 Å². The second-order valence-electron chi connectivity index (χ2n) is 11.8. The Morgan fingerprint density at radius 3 is 2.49 bits per heavy atom. The first-order valence-corrected chi connectivity index (χ1v) is 13.8. The van der Waals surface area contributed by atoms with Crippen molar-refractivity contribution in [2.45, 2.75) is 109 Å². The van der Waals surface area contributed by atoms with E-state index < -0.39 is 5.60 Å². The highest BCUT2D eigenvalue weighted by Gasteiger charge is 2.55. The van der Waals surface area contributed by atoms with Gasteiger partial charge in [-0.05, 0) is 77.1 Å². The largest absolute Gasteiger partial charge is 0.456 e. The number of nitrogens with zero attached hydrogens (tertiary/aromatic N) is 3. The van der Waals surface area contributed by atoms with Crippen molar-refractivity contribution in [1.29, 1.82) is 0 Å². The molecule has 2 heterocycles. The maximum absolute atomic E-state index is 14.0. The first-order valence-electron chi connectivity index (χ1n) is 13.8. The van der Waals surface area contributed by atoms with Crippen LogP contribution in [0.3, 0.4) is 0 Å². The fourth-order valence-electron chi connectivity index (χ4n) is 6.16. The third-order valence-electron chi connectivity index (χ3n) is 8.02. The molecule has 0 aromatic heterocycles. The van der Waals surface area contributed by atoms with Gasteiger partial charge in [0.15, 0.2) is 0 Å². The van der Waals surface area contributed by atoms with Crippen molar-refractivity contribution in [2.24, 2.45) is 0 Å². The number of hydrogen-bond acceptors (Lipinski definition) is 5. The monoisotopic (exact) mass is 483 g/mol. The molecule has 0 N–H and O–H groups in total. The fourth-order valence-corrected chi connectivity index (χ4v) is 6.16. The van der Waals surface area contributed by atoms with Gasteiger partial charge >= 0.3 is 5.97 Å². The summed E-state index contributed by atoms with van der Waals surface area (Å²) in [7, 11) is 0. The van der Waals surface area contributed by atoms with Crippen LogP contribution in [0.15, 0.2) is 24.3 Å². The standard InChI is InChI=1S/C29H45N3O3/c1-5-6-17-30-18-15-29(16-19-30)27(34)31(22-32(29)25-13-8-7-9-14-25)21-23-11-10-12-24(20-23)26(33)35-28(2,3)4/h10-12,20,25H,5-9,13-19,21-22H2,1-4H3. The van der Waals surface area contributed by atoms with Crippen LogP contribution in [0.2, 0.25) is 0 Å². The molecular weight excluding hydrogens is 438 g/mol. The normalized spacial score (nSPS) is 22.2. The summed E-state index contributed by atoms with van der Waals surface area (Å²) in [5.74, 6) is -0.0206. The summed E-state index contributed by atoms with van der Waals surface area (Å²) in [6, 6.07) is 8.11. The van der Waals surface area contributed by atoms with Gasteiger partial charge in [0.25, 0.3) is 0 Å². The van der Waals surface area contributed by atoms with Gasteiger partial charge in [-0.1, -0.05) is 44.7 Å². The second-order valence-corrected chi connectivity index (χ2v) is 11.8. The minimum Gasteiger partial charge on any atom is -0.456 e. The molecule has 1 amide bonds. The predicted octanol–water partition coefficient (Wildman–Crippen LogP) is 5.21. The van der Waals surface area contributed by atoms with Gasteiger partial charge in [0.1, 0.15) is 11.1 Å². The number of ether oxygens (including phenoxy) is 1. The van der Waals surface area contributed by atoms with Crippen LogP contribution in [0.4, 0.5) is 0 Å². The van der Waals surface area contributed by atoms with Gasteiger partial charge < -0.3 is 14.5 Å². The van der Waals surface area contributed by atoms with Crippen LogP contribution in [-0.4, -0.2) is 70.1 Å². The summed E-state index contributed by atoms with van der Waals surface area (Å²) in [5.41, 5.74) is 0.652. The van der Waals surface area contributed by atoms with Gasteiger partial charge in [-0.3, -0.25) is 9.69 Å². The highest BCUT2D eigenvalue weighted by atomic mass is 16.6. The van der Waals surface area contributed by atoms with E-state index >= 15 is 0 Å². The summed E-state index contributed by atoms with van der Waals surface area (Å²) in [4.78, 5) is 33.8. The smallest absolute Gasteiger partial charge is 0.338 e. The highest BCUT2D eigenvalue weighted by Crippen LogP contribution is 2.41. The average Bonchev–Trinajstić information content (AvgIpc) is 3.09. The first kappa shape index (κ1) is 26.2. The van der Waals surface area contributed by atoms with Crippen molar-refractivity contribution in [3.05, 3.63) is 35.4 Å². The first-order chi connectivity index (χ1) is 16.7. The topological polar surface area (TPSA) is 53.1 Å². The molecule has 194 valence electrons. The molecule has 3 fully saturated rings. The number of piperidine rings is 1. The van der Waals surface area contributed by atoms with Gasteiger partial charge in [0, 0.05) is 25.7 Å². The molecule has 6 nitrogen and oxygen atoms in total. The summed E-state index contributed by atoms with van der Waals surface area (Å²) in [6.07, 6.45) is 10.6. The van der Waals surface area contributed by atoms with Gasteiger partial charge in [-0.25, -0.2) is 4.79 Å². The molecule has 0 atom stereocenters. The summed E-state index contributed by atoms with van der Waals surface area (Å²) < 4.78 is 5.56. The Labute approximate surface area is 212 Å². The minimum absolute atomic E-state index is 0.292. The summed E-state index contributed by atoms with van der Waals surface area (Å²) >= 11 is 0. The molecule has 4 rings (SSSR count). The fraction of sp³-hybridized carbons (Fsp3) is 0.724. The van der Waals surface area contributed by atoms with Gasteiger partial charge in [-0.2, -0.15) is 0 Å². The van der Waals surface area contributed by atoms with Crippen LogP contribution in [0.5, 0.6) is 0 Å². The van der Waals surface area contributed by atoms with Crippen molar-refractivity contribution >= 4 is 11.9 Å². The second kappa shape index (κ2) is 11.0. The van der Waals surface area contributed by atoms with Crippen LogP contribution < -0.4 is 0 Å². The Kier molecular flexibility index (Phi) is 8.22. The third kappa shape index (κ3) is 6.08. The lowest BCUT2D eigenvalue weighted by molar-refractivity contribution is -0.137. The molecule has 0 bridgehead atoms. The minimum atomic E-state index is -0.531. The molecular formula is C29H45N3O3. The molecule has 0 radical (unpaired) electrons. The molecule has 1 saturated carbocycles. The molecule has 0 unspecified atom stereocenters. The van der Waals surface area contributed by atoms with Crippen molar-refractivity contribution in [3.63, 3.8) is 0 Å². The molecule has 6 heteroatoms. The Bertz CT molecular complexity index is 879. The molecule has 35 heavy (non-hydrogen) atoms. The lowest BCUT2D eigenvalue weighted by Gasteiger charge is -2.46. The zero-order chi connectivity index (χ0) is 25.1. The Hall–Kier alpha value is -1.92. The predicted molar refractivity (Wildman–Crippen MR) is 139 cm³/mol. The van der Waals surface area contributed by atoms with Crippen molar-refractivity contribution in [3.8, 4) is 0 Å². The van der Waals surface area contributed by atoms with E-state index in [1.165, 1.54) is 44.9 Å². The third-order valence-corrected chi connectivity index (χ3v) is 8.02. The van der Waals surface area contributed by atoms with E-state index in [2.05, 4.69) is 16.7 Å². The van der Waals surface area contributed by atoms with E-state index in [9.17, 15) is 9.59 Å². The number of likely N-dealkylation sites (tertiary alicyclic amines) is 1.